The minimum atomic E-state index is -6.28. The zero-order chi connectivity index (χ0) is 27.3. The van der Waals surface area contributed by atoms with E-state index in [1.54, 1.807) is 6.92 Å². The highest BCUT2D eigenvalue weighted by atomic mass is 19.4. The van der Waals surface area contributed by atoms with Crippen LogP contribution in [0.15, 0.2) is 48.5 Å². The first kappa shape index (κ1) is 28.6. The van der Waals surface area contributed by atoms with Crippen LogP contribution >= 0.6 is 0 Å². The van der Waals surface area contributed by atoms with E-state index in [-0.39, 0.29) is 17.8 Å². The van der Waals surface area contributed by atoms with Gasteiger partial charge in [0.2, 0.25) is 0 Å². The summed E-state index contributed by atoms with van der Waals surface area (Å²) in [7, 11) is 0. The first-order valence-electron chi connectivity index (χ1n) is 10.6. The molecular formula is C23H22F7N3O3. The SMILES string of the molecule is CCNC(=O)C(=O)Nc1cccc(C(=O)Nc2ccccc2C(CC)C(F)(C(F)(F)F)C(F)(F)F)c1. The van der Waals surface area contributed by atoms with E-state index in [0.717, 1.165) is 31.2 Å². The van der Waals surface area contributed by atoms with Gasteiger partial charge in [0.05, 0.1) is 0 Å². The van der Waals surface area contributed by atoms with Crippen molar-refractivity contribution < 1.29 is 45.1 Å². The molecule has 0 heterocycles. The maximum atomic E-state index is 14.9. The number of hydrogen-bond donors (Lipinski definition) is 3. The van der Waals surface area contributed by atoms with Crippen molar-refractivity contribution in [2.75, 3.05) is 17.2 Å². The van der Waals surface area contributed by atoms with E-state index in [4.69, 9.17) is 0 Å². The molecule has 1 atom stereocenters. The number of rotatable bonds is 7. The van der Waals surface area contributed by atoms with E-state index in [1.165, 1.54) is 24.3 Å². The molecule has 0 spiro atoms. The summed E-state index contributed by atoms with van der Waals surface area (Å²) in [6.45, 7) is 2.75. The molecular weight excluding hydrogens is 499 g/mol. The fourth-order valence-corrected chi connectivity index (χ4v) is 3.55. The molecule has 2 aromatic carbocycles. The molecule has 3 amide bonds. The summed E-state index contributed by atoms with van der Waals surface area (Å²) in [5.74, 6) is -5.63. The Hall–Kier alpha value is -3.64. The molecule has 0 aliphatic carbocycles. The molecule has 0 saturated heterocycles. The Balaban J connectivity index is 2.40. The molecule has 0 aliphatic rings. The predicted molar refractivity (Wildman–Crippen MR) is 117 cm³/mol. The quantitative estimate of drug-likeness (QED) is 0.340. The second-order valence-electron chi connectivity index (χ2n) is 7.60. The van der Waals surface area contributed by atoms with Crippen molar-refractivity contribution in [2.45, 2.75) is 44.2 Å². The number of alkyl halides is 7. The zero-order valence-corrected chi connectivity index (χ0v) is 19.0. The van der Waals surface area contributed by atoms with Gasteiger partial charge in [-0.25, -0.2) is 4.39 Å². The lowest BCUT2D eigenvalue weighted by atomic mass is 9.79. The van der Waals surface area contributed by atoms with Crippen LogP contribution in [0.1, 0.15) is 42.1 Å². The van der Waals surface area contributed by atoms with Gasteiger partial charge < -0.3 is 16.0 Å². The Bertz CT molecular complexity index is 1100. The number of amides is 3. The first-order chi connectivity index (χ1) is 16.7. The fraction of sp³-hybridized carbons (Fsp3) is 0.348. The van der Waals surface area contributed by atoms with Gasteiger partial charge in [-0.1, -0.05) is 31.2 Å². The summed E-state index contributed by atoms with van der Waals surface area (Å²) in [6, 6.07) is 9.34. The third kappa shape index (κ3) is 5.94. The first-order valence-corrected chi connectivity index (χ1v) is 10.6. The Morgan fingerprint density at radius 3 is 1.97 bits per heavy atom. The summed E-state index contributed by atoms with van der Waals surface area (Å²) >= 11 is 0. The highest BCUT2D eigenvalue weighted by molar-refractivity contribution is 6.39. The van der Waals surface area contributed by atoms with Crippen LogP contribution in [0, 0.1) is 0 Å². The smallest absolute Gasteiger partial charge is 0.348 e. The minimum Gasteiger partial charge on any atom is -0.348 e. The third-order valence-electron chi connectivity index (χ3n) is 5.22. The van der Waals surface area contributed by atoms with E-state index in [9.17, 15) is 45.1 Å². The molecule has 2 rings (SSSR count). The largest absolute Gasteiger partial charge is 0.432 e. The molecule has 3 N–H and O–H groups in total. The number of carbonyl (C=O) groups excluding carboxylic acids is 3. The third-order valence-corrected chi connectivity index (χ3v) is 5.22. The van der Waals surface area contributed by atoms with E-state index >= 15 is 0 Å². The maximum absolute atomic E-state index is 14.9. The van der Waals surface area contributed by atoms with Gasteiger partial charge in [0.25, 0.3) is 5.91 Å². The topological polar surface area (TPSA) is 87.3 Å². The van der Waals surface area contributed by atoms with Crippen molar-refractivity contribution in [2.24, 2.45) is 0 Å². The van der Waals surface area contributed by atoms with Crippen LogP contribution in [-0.4, -0.2) is 42.3 Å². The number of anilines is 2. The molecule has 0 fully saturated rings. The highest BCUT2D eigenvalue weighted by Crippen LogP contribution is 2.55. The van der Waals surface area contributed by atoms with Crippen molar-refractivity contribution in [3.63, 3.8) is 0 Å². The van der Waals surface area contributed by atoms with Crippen LogP contribution in [0.3, 0.4) is 0 Å². The Morgan fingerprint density at radius 1 is 0.806 bits per heavy atom. The Kier molecular flexibility index (Phi) is 8.70. The lowest BCUT2D eigenvalue weighted by Gasteiger charge is -2.37. The second kappa shape index (κ2) is 11.0. The van der Waals surface area contributed by atoms with Crippen LogP contribution in [0.2, 0.25) is 0 Å². The summed E-state index contributed by atoms with van der Waals surface area (Å²) < 4.78 is 95.2. The van der Waals surface area contributed by atoms with Crippen LogP contribution < -0.4 is 16.0 Å². The average Bonchev–Trinajstić information content (AvgIpc) is 2.79. The summed E-state index contributed by atoms with van der Waals surface area (Å²) in [6.07, 6.45) is -13.4. The van der Waals surface area contributed by atoms with Crippen molar-refractivity contribution in [3.05, 3.63) is 59.7 Å². The van der Waals surface area contributed by atoms with E-state index in [2.05, 4.69) is 16.0 Å². The van der Waals surface area contributed by atoms with E-state index in [0.29, 0.717) is 0 Å². The van der Waals surface area contributed by atoms with Crippen molar-refractivity contribution in [1.29, 1.82) is 0 Å². The highest BCUT2D eigenvalue weighted by Gasteiger charge is 2.75. The molecule has 0 aromatic heterocycles. The number of likely N-dealkylation sites (N-methyl/N-ethyl adjacent to an activating group) is 1. The standard InChI is InChI=1S/C23H22F7N3O3/c1-3-16(21(24,22(25,26)27)23(28,29)30)15-10-5-6-11-17(15)33-18(34)13-8-7-9-14(12-13)32-20(36)19(35)31-4-2/h5-12,16H,3-4H2,1-2H3,(H,31,35)(H,32,36)(H,33,34). The summed E-state index contributed by atoms with van der Waals surface area (Å²) in [4.78, 5) is 36.2. The van der Waals surface area contributed by atoms with Gasteiger partial charge in [0.15, 0.2) is 0 Å². The summed E-state index contributed by atoms with van der Waals surface area (Å²) in [5, 5.41) is 6.72. The van der Waals surface area contributed by atoms with Crippen LogP contribution in [0.4, 0.5) is 42.1 Å². The maximum Gasteiger partial charge on any atom is 0.432 e. The summed E-state index contributed by atoms with van der Waals surface area (Å²) in [5.41, 5.74) is -6.85. The molecule has 0 radical (unpaired) electrons. The van der Waals surface area contributed by atoms with Crippen LogP contribution in [0.5, 0.6) is 0 Å². The zero-order valence-electron chi connectivity index (χ0n) is 19.0. The molecule has 0 aliphatic heterocycles. The van der Waals surface area contributed by atoms with Crippen molar-refractivity contribution in [1.82, 2.24) is 5.32 Å². The van der Waals surface area contributed by atoms with Gasteiger partial charge in [-0.05, 0) is 43.2 Å². The molecule has 196 valence electrons. The van der Waals surface area contributed by atoms with Gasteiger partial charge in [-0.15, -0.1) is 0 Å². The number of carbonyl (C=O) groups is 3. The monoisotopic (exact) mass is 521 g/mol. The lowest BCUT2D eigenvalue weighted by Crippen LogP contribution is -2.57. The normalized spacial score (nSPS) is 13.0. The Labute approximate surface area is 201 Å². The number of para-hydroxylation sites is 1. The molecule has 36 heavy (non-hydrogen) atoms. The van der Waals surface area contributed by atoms with Gasteiger partial charge in [-0.2, -0.15) is 26.3 Å². The Morgan fingerprint density at radius 2 is 1.42 bits per heavy atom. The molecule has 0 bridgehead atoms. The predicted octanol–water partition coefficient (Wildman–Crippen LogP) is 5.34. The van der Waals surface area contributed by atoms with Crippen molar-refractivity contribution >= 4 is 29.1 Å². The van der Waals surface area contributed by atoms with Crippen LogP contribution in [-0.2, 0) is 9.59 Å². The molecule has 1 unspecified atom stereocenters. The van der Waals surface area contributed by atoms with E-state index < -0.39 is 59.3 Å². The van der Waals surface area contributed by atoms with Gasteiger partial charge in [0, 0.05) is 29.4 Å². The average molecular weight is 521 g/mol. The number of nitrogens with one attached hydrogen (secondary N) is 3. The molecule has 0 saturated carbocycles. The van der Waals surface area contributed by atoms with E-state index in [1.807, 2.05) is 0 Å². The van der Waals surface area contributed by atoms with Gasteiger partial charge in [0.1, 0.15) is 0 Å². The molecule has 6 nitrogen and oxygen atoms in total. The van der Waals surface area contributed by atoms with Crippen molar-refractivity contribution in [3.8, 4) is 0 Å². The lowest BCUT2D eigenvalue weighted by molar-refractivity contribution is -0.349. The molecule has 2 aromatic rings. The fourth-order valence-electron chi connectivity index (χ4n) is 3.55. The van der Waals surface area contributed by atoms with Gasteiger partial charge >= 0.3 is 29.8 Å². The minimum absolute atomic E-state index is 0.0236. The number of hydrogen-bond acceptors (Lipinski definition) is 3. The number of halogens is 7. The van der Waals surface area contributed by atoms with Gasteiger partial charge in [-0.3, -0.25) is 14.4 Å². The number of benzene rings is 2. The van der Waals surface area contributed by atoms with Crippen LogP contribution in [0.25, 0.3) is 0 Å². The second-order valence-corrected chi connectivity index (χ2v) is 7.60. The molecule has 13 heteroatoms.